The van der Waals surface area contributed by atoms with Gasteiger partial charge in [0.25, 0.3) is 0 Å². The lowest BCUT2D eigenvalue weighted by atomic mass is 10.2. The van der Waals surface area contributed by atoms with Gasteiger partial charge in [-0.25, -0.2) is 0 Å². The largest absolute Gasteiger partial charge is 0.497 e. The predicted molar refractivity (Wildman–Crippen MR) is 80.6 cm³/mol. The van der Waals surface area contributed by atoms with Crippen LogP contribution < -0.4 is 4.74 Å². The Bertz CT molecular complexity index is 428. The number of aliphatic hydroxyl groups excluding tert-OH is 1. The van der Waals surface area contributed by atoms with Gasteiger partial charge in [0.15, 0.2) is 0 Å². The highest BCUT2D eigenvalue weighted by Crippen LogP contribution is 2.13. The molecule has 1 N–H and O–H groups in total. The molecule has 0 aromatic heterocycles. The van der Waals surface area contributed by atoms with Gasteiger partial charge < -0.3 is 14.6 Å². The molecule has 0 bridgehead atoms. The second-order valence-electron chi connectivity index (χ2n) is 4.73. The van der Waals surface area contributed by atoms with Gasteiger partial charge in [-0.1, -0.05) is 31.4 Å². The third-order valence-electron chi connectivity index (χ3n) is 3.02. The number of methoxy groups -OCH3 is 1. The summed E-state index contributed by atoms with van der Waals surface area (Å²) in [6.45, 7) is 4.42. The summed E-state index contributed by atoms with van der Waals surface area (Å²) in [6.07, 6.45) is 1.99. The molecule has 110 valence electrons. The van der Waals surface area contributed by atoms with E-state index in [0.717, 1.165) is 30.6 Å². The van der Waals surface area contributed by atoms with Crippen LogP contribution in [0.4, 0.5) is 0 Å². The lowest BCUT2D eigenvalue weighted by Gasteiger charge is -2.15. The highest BCUT2D eigenvalue weighted by Gasteiger charge is 2.11. The molecular weight excluding hydrogens is 252 g/mol. The van der Waals surface area contributed by atoms with Gasteiger partial charge in [-0.2, -0.15) is 0 Å². The number of ether oxygens (including phenoxy) is 2. The summed E-state index contributed by atoms with van der Waals surface area (Å²) in [7, 11) is 1.64. The summed E-state index contributed by atoms with van der Waals surface area (Å²) in [4.78, 5) is 0. The Hall–Kier alpha value is -1.50. The average Bonchev–Trinajstić information content (AvgIpc) is 2.49. The molecule has 1 aromatic carbocycles. The third kappa shape index (κ3) is 6.10. The molecular formula is C17H24O3. The van der Waals surface area contributed by atoms with Crippen LogP contribution >= 0.6 is 0 Å². The Balaban J connectivity index is 2.36. The summed E-state index contributed by atoms with van der Waals surface area (Å²) >= 11 is 0. The first kappa shape index (κ1) is 16.6. The second-order valence-corrected chi connectivity index (χ2v) is 4.73. The van der Waals surface area contributed by atoms with Crippen molar-refractivity contribution in [2.75, 3.05) is 7.11 Å². The molecule has 0 aliphatic heterocycles. The topological polar surface area (TPSA) is 38.7 Å². The van der Waals surface area contributed by atoms with Crippen molar-refractivity contribution in [3.63, 3.8) is 0 Å². The first-order valence-corrected chi connectivity index (χ1v) is 7.08. The molecule has 0 spiro atoms. The lowest BCUT2D eigenvalue weighted by molar-refractivity contribution is -0.0116. The van der Waals surface area contributed by atoms with Crippen molar-refractivity contribution in [2.45, 2.75) is 51.9 Å². The molecule has 0 unspecified atom stereocenters. The molecule has 1 rings (SSSR count). The zero-order valence-corrected chi connectivity index (χ0v) is 12.6. The lowest BCUT2D eigenvalue weighted by Crippen LogP contribution is -2.24. The van der Waals surface area contributed by atoms with E-state index in [1.807, 2.05) is 31.2 Å². The van der Waals surface area contributed by atoms with Gasteiger partial charge in [-0.15, -0.1) is 5.92 Å². The Morgan fingerprint density at radius 1 is 1.25 bits per heavy atom. The highest BCUT2D eigenvalue weighted by atomic mass is 16.5. The van der Waals surface area contributed by atoms with E-state index < -0.39 is 6.10 Å². The molecule has 0 heterocycles. The maximum Gasteiger partial charge on any atom is 0.140 e. The van der Waals surface area contributed by atoms with Gasteiger partial charge in [-0.05, 0) is 31.0 Å². The monoisotopic (exact) mass is 276 g/mol. The molecule has 20 heavy (non-hydrogen) atoms. The van der Waals surface area contributed by atoms with Crippen molar-refractivity contribution < 1.29 is 14.6 Å². The van der Waals surface area contributed by atoms with Crippen LogP contribution in [0.5, 0.6) is 5.75 Å². The van der Waals surface area contributed by atoms with Gasteiger partial charge in [0, 0.05) is 6.42 Å². The molecule has 2 atom stereocenters. The van der Waals surface area contributed by atoms with Gasteiger partial charge in [-0.3, -0.25) is 0 Å². The molecule has 0 saturated carbocycles. The first-order valence-electron chi connectivity index (χ1n) is 7.08. The number of benzene rings is 1. The summed E-state index contributed by atoms with van der Waals surface area (Å²) in [5.41, 5.74) is 1.05. The molecule has 1 aromatic rings. The standard InChI is InChI=1S/C17H24O3/c1-4-5-6-7-8-17(18)14(2)20-13-15-9-11-16(19-3)12-10-15/h9-12,14,17-18H,4-6,13H2,1-3H3/t14-,17-/m0/s1. The van der Waals surface area contributed by atoms with E-state index >= 15 is 0 Å². The van der Waals surface area contributed by atoms with Crippen LogP contribution in [-0.2, 0) is 11.3 Å². The predicted octanol–water partition coefficient (Wildman–Crippen LogP) is 3.15. The first-order chi connectivity index (χ1) is 9.67. The SMILES string of the molecule is CCCCC#C[C@H](O)[C@H](C)OCc1ccc(OC)cc1. The van der Waals surface area contributed by atoms with Crippen LogP contribution in [0.3, 0.4) is 0 Å². The Morgan fingerprint density at radius 3 is 2.55 bits per heavy atom. The van der Waals surface area contributed by atoms with E-state index in [2.05, 4.69) is 18.8 Å². The fraction of sp³-hybridized carbons (Fsp3) is 0.529. The van der Waals surface area contributed by atoms with Gasteiger partial charge in [0.1, 0.15) is 11.9 Å². The van der Waals surface area contributed by atoms with Crippen LogP contribution in [0.2, 0.25) is 0 Å². The molecule has 0 amide bonds. The van der Waals surface area contributed by atoms with E-state index in [0.29, 0.717) is 6.61 Å². The Kier molecular flexibility index (Phi) is 7.79. The fourth-order valence-electron chi connectivity index (χ4n) is 1.60. The van der Waals surface area contributed by atoms with Gasteiger partial charge in [0.05, 0.1) is 19.8 Å². The normalized spacial score (nSPS) is 13.2. The third-order valence-corrected chi connectivity index (χ3v) is 3.02. The van der Waals surface area contributed by atoms with Crippen molar-refractivity contribution in [3.8, 4) is 17.6 Å². The number of unbranched alkanes of at least 4 members (excludes halogenated alkanes) is 2. The molecule has 0 fully saturated rings. The summed E-state index contributed by atoms with van der Waals surface area (Å²) in [6, 6.07) is 7.68. The maximum absolute atomic E-state index is 9.86. The summed E-state index contributed by atoms with van der Waals surface area (Å²) in [5, 5.41) is 9.86. The minimum absolute atomic E-state index is 0.300. The van der Waals surface area contributed by atoms with E-state index in [-0.39, 0.29) is 6.10 Å². The van der Waals surface area contributed by atoms with Crippen LogP contribution in [0.1, 0.15) is 38.7 Å². The van der Waals surface area contributed by atoms with E-state index in [4.69, 9.17) is 9.47 Å². The summed E-state index contributed by atoms with van der Waals surface area (Å²) < 4.78 is 10.7. The number of hydrogen-bond donors (Lipinski definition) is 1. The van der Waals surface area contributed by atoms with Crippen LogP contribution in [0.25, 0.3) is 0 Å². The molecule has 3 heteroatoms. The van der Waals surface area contributed by atoms with Crippen molar-refractivity contribution >= 4 is 0 Å². The van der Waals surface area contributed by atoms with Gasteiger partial charge >= 0.3 is 0 Å². The highest BCUT2D eigenvalue weighted by molar-refractivity contribution is 5.26. The average molecular weight is 276 g/mol. The van der Waals surface area contributed by atoms with Crippen molar-refractivity contribution in [3.05, 3.63) is 29.8 Å². The summed E-state index contributed by atoms with van der Waals surface area (Å²) in [5.74, 6) is 6.64. The number of rotatable bonds is 7. The minimum atomic E-state index is -0.731. The molecule has 0 radical (unpaired) electrons. The van der Waals surface area contributed by atoms with E-state index in [9.17, 15) is 5.11 Å². The van der Waals surface area contributed by atoms with Crippen molar-refractivity contribution in [1.82, 2.24) is 0 Å². The molecule has 3 nitrogen and oxygen atoms in total. The van der Waals surface area contributed by atoms with Gasteiger partial charge in [0.2, 0.25) is 0 Å². The number of hydrogen-bond acceptors (Lipinski definition) is 3. The molecule has 0 saturated heterocycles. The van der Waals surface area contributed by atoms with E-state index in [1.54, 1.807) is 7.11 Å². The van der Waals surface area contributed by atoms with Crippen LogP contribution in [0.15, 0.2) is 24.3 Å². The van der Waals surface area contributed by atoms with Crippen LogP contribution in [0, 0.1) is 11.8 Å². The zero-order chi connectivity index (χ0) is 14.8. The van der Waals surface area contributed by atoms with Crippen molar-refractivity contribution in [1.29, 1.82) is 0 Å². The maximum atomic E-state index is 9.86. The Morgan fingerprint density at radius 2 is 1.95 bits per heavy atom. The fourth-order valence-corrected chi connectivity index (χ4v) is 1.60. The number of aliphatic hydroxyl groups is 1. The quantitative estimate of drug-likeness (QED) is 0.614. The van der Waals surface area contributed by atoms with E-state index in [1.165, 1.54) is 0 Å². The molecule has 0 aliphatic carbocycles. The van der Waals surface area contributed by atoms with Crippen molar-refractivity contribution in [2.24, 2.45) is 0 Å². The zero-order valence-electron chi connectivity index (χ0n) is 12.6. The second kappa shape index (κ2) is 9.41. The van der Waals surface area contributed by atoms with Crippen LogP contribution in [-0.4, -0.2) is 24.4 Å². The minimum Gasteiger partial charge on any atom is -0.497 e. The molecule has 0 aliphatic rings. The Labute approximate surface area is 121 Å². The smallest absolute Gasteiger partial charge is 0.140 e.